The van der Waals surface area contributed by atoms with Crippen LogP contribution in [0.4, 0.5) is 0 Å². The third kappa shape index (κ3) is 6.25. The lowest BCUT2D eigenvalue weighted by Crippen LogP contribution is -2.11. The number of ether oxygens (including phenoxy) is 4. The highest BCUT2D eigenvalue weighted by Gasteiger charge is 2.08. The first kappa shape index (κ1) is 18.3. The Bertz CT molecular complexity index is 603. The third-order valence-electron chi connectivity index (χ3n) is 2.63. The van der Waals surface area contributed by atoms with Gasteiger partial charge in [0, 0.05) is 11.6 Å². The van der Waals surface area contributed by atoms with Crippen LogP contribution in [-0.2, 0) is 19.1 Å². The van der Waals surface area contributed by atoms with E-state index in [1.165, 1.54) is 13.2 Å². The van der Waals surface area contributed by atoms with E-state index in [1.54, 1.807) is 31.2 Å². The number of carbonyl (C=O) groups is 2. The Labute approximate surface area is 135 Å². The van der Waals surface area contributed by atoms with E-state index in [0.717, 1.165) is 5.56 Å². The van der Waals surface area contributed by atoms with E-state index in [1.807, 2.05) is 6.92 Å². The number of hydrogen-bond donors (Lipinski definition) is 0. The SMILES string of the molecule is C=C(C)C(=O)OCOc1ccc(/C=C/C(=O)OC)cc1OCC. The van der Waals surface area contributed by atoms with Crippen molar-refractivity contribution in [1.29, 1.82) is 0 Å². The maximum Gasteiger partial charge on any atom is 0.335 e. The van der Waals surface area contributed by atoms with Crippen molar-refractivity contribution < 1.29 is 28.5 Å². The van der Waals surface area contributed by atoms with Crippen LogP contribution >= 0.6 is 0 Å². The van der Waals surface area contributed by atoms with Gasteiger partial charge in [-0.25, -0.2) is 9.59 Å². The summed E-state index contributed by atoms with van der Waals surface area (Å²) >= 11 is 0. The minimum atomic E-state index is -0.527. The summed E-state index contributed by atoms with van der Waals surface area (Å²) in [6, 6.07) is 5.10. The van der Waals surface area contributed by atoms with Crippen molar-refractivity contribution in [3.63, 3.8) is 0 Å². The second-order valence-electron chi connectivity index (χ2n) is 4.47. The van der Waals surface area contributed by atoms with Crippen molar-refractivity contribution in [3.05, 3.63) is 42.0 Å². The second-order valence-corrected chi connectivity index (χ2v) is 4.47. The topological polar surface area (TPSA) is 71.1 Å². The molecule has 0 heterocycles. The molecule has 0 bridgehead atoms. The van der Waals surface area contributed by atoms with Gasteiger partial charge in [0.05, 0.1) is 13.7 Å². The van der Waals surface area contributed by atoms with Crippen molar-refractivity contribution in [2.45, 2.75) is 13.8 Å². The largest absolute Gasteiger partial charge is 0.490 e. The molecule has 0 unspecified atom stereocenters. The molecule has 0 aromatic heterocycles. The zero-order valence-corrected chi connectivity index (χ0v) is 13.5. The molecular weight excluding hydrogens is 300 g/mol. The number of carbonyl (C=O) groups excluding carboxylic acids is 2. The molecule has 6 nitrogen and oxygen atoms in total. The summed E-state index contributed by atoms with van der Waals surface area (Å²) in [6.07, 6.45) is 2.90. The molecule has 0 aliphatic rings. The molecular formula is C17H20O6. The average molecular weight is 320 g/mol. The maximum atomic E-state index is 11.3. The predicted octanol–water partition coefficient (Wildman–Crippen LogP) is 2.73. The fraction of sp³-hybridized carbons (Fsp3) is 0.294. The minimum absolute atomic E-state index is 0.247. The highest BCUT2D eigenvalue weighted by Crippen LogP contribution is 2.29. The van der Waals surface area contributed by atoms with Gasteiger partial charge in [-0.15, -0.1) is 0 Å². The Kier molecular flexibility index (Phi) is 7.39. The van der Waals surface area contributed by atoms with Crippen LogP contribution in [0.15, 0.2) is 36.4 Å². The van der Waals surface area contributed by atoms with Crippen LogP contribution in [-0.4, -0.2) is 32.4 Å². The van der Waals surface area contributed by atoms with Crippen LogP contribution in [0.2, 0.25) is 0 Å². The van der Waals surface area contributed by atoms with Gasteiger partial charge in [-0.05, 0) is 37.6 Å². The van der Waals surface area contributed by atoms with Crippen LogP contribution in [0.25, 0.3) is 6.08 Å². The Morgan fingerprint density at radius 3 is 2.57 bits per heavy atom. The third-order valence-corrected chi connectivity index (χ3v) is 2.63. The first-order valence-corrected chi connectivity index (χ1v) is 6.96. The van der Waals surface area contributed by atoms with Crippen LogP contribution in [0.5, 0.6) is 11.5 Å². The summed E-state index contributed by atoms with van der Waals surface area (Å²) < 4.78 is 20.3. The summed E-state index contributed by atoms with van der Waals surface area (Å²) in [6.45, 7) is 7.06. The van der Waals surface area contributed by atoms with Crippen LogP contribution in [0.1, 0.15) is 19.4 Å². The summed E-state index contributed by atoms with van der Waals surface area (Å²) in [5.74, 6) is -0.0712. The van der Waals surface area contributed by atoms with Crippen LogP contribution in [0.3, 0.4) is 0 Å². The smallest absolute Gasteiger partial charge is 0.335 e. The molecule has 6 heteroatoms. The first-order valence-electron chi connectivity index (χ1n) is 6.96. The van der Waals surface area contributed by atoms with Gasteiger partial charge in [0.1, 0.15) is 0 Å². The van der Waals surface area contributed by atoms with Crippen molar-refractivity contribution in [2.24, 2.45) is 0 Å². The standard InChI is InChI=1S/C17H20O6/c1-5-21-15-10-13(7-9-16(18)20-4)6-8-14(15)22-11-23-17(19)12(2)3/h6-10H,2,5,11H2,1,3-4H3/b9-7+. The van der Waals surface area contributed by atoms with Gasteiger partial charge in [0.25, 0.3) is 0 Å². The molecule has 0 saturated carbocycles. The predicted molar refractivity (Wildman–Crippen MR) is 85.1 cm³/mol. The summed E-state index contributed by atoms with van der Waals surface area (Å²) in [5.41, 5.74) is 1.03. The van der Waals surface area contributed by atoms with E-state index in [2.05, 4.69) is 11.3 Å². The number of hydrogen-bond acceptors (Lipinski definition) is 6. The molecule has 124 valence electrons. The molecule has 1 aromatic rings. The van der Waals surface area contributed by atoms with Gasteiger partial charge in [0.15, 0.2) is 11.5 Å². The second kappa shape index (κ2) is 9.30. The molecule has 0 amide bonds. The molecule has 0 fully saturated rings. The zero-order chi connectivity index (χ0) is 17.2. The van der Waals surface area contributed by atoms with E-state index in [0.29, 0.717) is 23.7 Å². The Morgan fingerprint density at radius 1 is 1.22 bits per heavy atom. The maximum absolute atomic E-state index is 11.3. The molecule has 0 saturated heterocycles. The van der Waals surface area contributed by atoms with Crippen molar-refractivity contribution in [1.82, 2.24) is 0 Å². The van der Waals surface area contributed by atoms with Crippen molar-refractivity contribution in [2.75, 3.05) is 20.5 Å². The Hall–Kier alpha value is -2.76. The lowest BCUT2D eigenvalue weighted by molar-refractivity contribution is -0.145. The Morgan fingerprint density at radius 2 is 1.96 bits per heavy atom. The molecule has 0 radical (unpaired) electrons. The lowest BCUT2D eigenvalue weighted by atomic mass is 10.2. The quantitative estimate of drug-likeness (QED) is 0.417. The van der Waals surface area contributed by atoms with E-state index in [9.17, 15) is 9.59 Å². The van der Waals surface area contributed by atoms with Gasteiger partial charge < -0.3 is 18.9 Å². The molecule has 0 atom stereocenters. The molecule has 1 aromatic carbocycles. The van der Waals surface area contributed by atoms with Gasteiger partial charge in [-0.1, -0.05) is 12.6 Å². The summed E-state index contributed by atoms with van der Waals surface area (Å²) in [5, 5.41) is 0. The van der Waals surface area contributed by atoms with Crippen LogP contribution < -0.4 is 9.47 Å². The number of methoxy groups -OCH3 is 1. The normalized spacial score (nSPS) is 10.2. The van der Waals surface area contributed by atoms with Crippen LogP contribution in [0, 0.1) is 0 Å². The van der Waals surface area contributed by atoms with E-state index >= 15 is 0 Å². The zero-order valence-electron chi connectivity index (χ0n) is 13.5. The van der Waals surface area contributed by atoms with Gasteiger partial charge >= 0.3 is 11.9 Å². The summed E-state index contributed by atoms with van der Waals surface area (Å²) in [7, 11) is 1.31. The summed E-state index contributed by atoms with van der Waals surface area (Å²) in [4.78, 5) is 22.4. The fourth-order valence-corrected chi connectivity index (χ4v) is 1.52. The molecule has 0 aliphatic carbocycles. The Balaban J connectivity index is 2.79. The monoisotopic (exact) mass is 320 g/mol. The van der Waals surface area contributed by atoms with Gasteiger partial charge in [-0.3, -0.25) is 0 Å². The van der Waals surface area contributed by atoms with E-state index < -0.39 is 11.9 Å². The van der Waals surface area contributed by atoms with E-state index in [-0.39, 0.29) is 6.79 Å². The average Bonchev–Trinajstić information content (AvgIpc) is 2.54. The van der Waals surface area contributed by atoms with Crippen molar-refractivity contribution >= 4 is 18.0 Å². The lowest BCUT2D eigenvalue weighted by Gasteiger charge is -2.12. The number of benzene rings is 1. The van der Waals surface area contributed by atoms with Gasteiger partial charge in [-0.2, -0.15) is 0 Å². The molecule has 0 N–H and O–H groups in total. The fourth-order valence-electron chi connectivity index (χ4n) is 1.52. The van der Waals surface area contributed by atoms with Gasteiger partial charge in [0.2, 0.25) is 6.79 Å². The van der Waals surface area contributed by atoms with E-state index in [4.69, 9.17) is 14.2 Å². The molecule has 0 aliphatic heterocycles. The molecule has 23 heavy (non-hydrogen) atoms. The highest BCUT2D eigenvalue weighted by molar-refractivity contribution is 5.87. The molecule has 0 spiro atoms. The number of rotatable bonds is 8. The molecule has 1 rings (SSSR count). The van der Waals surface area contributed by atoms with Crippen molar-refractivity contribution in [3.8, 4) is 11.5 Å². The highest BCUT2D eigenvalue weighted by atomic mass is 16.7. The first-order chi connectivity index (χ1) is 11.0. The number of esters is 2. The minimum Gasteiger partial charge on any atom is -0.490 e.